The SMILES string of the molecule is Cc1ccc(S(=O)(=O)n2ccc3c(NN4CCN(C(=O)OC(C)(C)C)CC4)c([N+](=O)[O-])cnc32)cc1. The van der Waals surface area contributed by atoms with E-state index in [4.69, 9.17) is 4.74 Å². The molecule has 192 valence electrons. The number of anilines is 1. The van der Waals surface area contributed by atoms with Gasteiger partial charge in [0, 0.05) is 32.4 Å². The second-order valence-electron chi connectivity index (χ2n) is 9.51. The van der Waals surface area contributed by atoms with Gasteiger partial charge in [-0.2, -0.15) is 0 Å². The fourth-order valence-corrected chi connectivity index (χ4v) is 5.11. The van der Waals surface area contributed by atoms with E-state index in [1.54, 1.807) is 42.8 Å². The number of rotatable bonds is 5. The summed E-state index contributed by atoms with van der Waals surface area (Å²) < 4.78 is 32.9. The van der Waals surface area contributed by atoms with Gasteiger partial charge in [0.15, 0.2) is 5.65 Å². The first-order chi connectivity index (χ1) is 16.9. The van der Waals surface area contributed by atoms with Crippen molar-refractivity contribution in [2.24, 2.45) is 0 Å². The monoisotopic (exact) mass is 516 g/mol. The first-order valence-electron chi connectivity index (χ1n) is 11.3. The average Bonchev–Trinajstić information content (AvgIpc) is 3.24. The molecule has 0 saturated carbocycles. The minimum absolute atomic E-state index is 0.0658. The third-order valence-corrected chi connectivity index (χ3v) is 7.32. The number of fused-ring (bicyclic) bond motifs is 1. The van der Waals surface area contributed by atoms with Gasteiger partial charge >= 0.3 is 11.8 Å². The number of hydrogen-bond donors (Lipinski definition) is 1. The van der Waals surface area contributed by atoms with E-state index in [2.05, 4.69) is 10.4 Å². The Morgan fingerprint density at radius 1 is 1.11 bits per heavy atom. The Bertz CT molecular complexity index is 1400. The Labute approximate surface area is 208 Å². The van der Waals surface area contributed by atoms with Gasteiger partial charge in [-0.3, -0.25) is 10.1 Å². The fraction of sp³-hybridized carbons (Fsp3) is 0.391. The van der Waals surface area contributed by atoms with E-state index in [-0.39, 0.29) is 27.3 Å². The molecule has 1 amide bonds. The molecule has 3 aromatic rings. The highest BCUT2D eigenvalue weighted by Crippen LogP contribution is 2.34. The zero-order valence-electron chi connectivity index (χ0n) is 20.5. The molecule has 1 aliphatic rings. The summed E-state index contributed by atoms with van der Waals surface area (Å²) in [6.07, 6.45) is 1.96. The topological polar surface area (TPSA) is 140 Å². The van der Waals surface area contributed by atoms with Gasteiger partial charge in [-0.15, -0.1) is 0 Å². The van der Waals surface area contributed by atoms with Crippen molar-refractivity contribution in [3.8, 4) is 0 Å². The maximum Gasteiger partial charge on any atom is 0.410 e. The summed E-state index contributed by atoms with van der Waals surface area (Å²) in [5, 5.41) is 13.8. The van der Waals surface area contributed by atoms with Crippen molar-refractivity contribution in [3.63, 3.8) is 0 Å². The van der Waals surface area contributed by atoms with Crippen molar-refractivity contribution in [2.45, 2.75) is 38.2 Å². The van der Waals surface area contributed by atoms with Crippen LogP contribution in [0.25, 0.3) is 11.0 Å². The maximum atomic E-state index is 13.2. The lowest BCUT2D eigenvalue weighted by molar-refractivity contribution is -0.384. The van der Waals surface area contributed by atoms with Crippen molar-refractivity contribution < 1.29 is 22.9 Å². The number of nitrogens with zero attached hydrogens (tertiary/aromatic N) is 5. The maximum absolute atomic E-state index is 13.2. The Kier molecular flexibility index (Phi) is 6.62. The second-order valence-corrected chi connectivity index (χ2v) is 11.3. The van der Waals surface area contributed by atoms with Gasteiger partial charge in [-0.05, 0) is 45.9 Å². The van der Waals surface area contributed by atoms with E-state index in [0.717, 1.165) is 15.7 Å². The number of piperazine rings is 1. The summed E-state index contributed by atoms with van der Waals surface area (Å²) in [5.74, 6) is 0. The number of hydrogen-bond acceptors (Lipinski definition) is 9. The van der Waals surface area contributed by atoms with Gasteiger partial charge in [-0.1, -0.05) is 17.7 Å². The molecule has 13 heteroatoms. The van der Waals surface area contributed by atoms with E-state index >= 15 is 0 Å². The molecule has 1 fully saturated rings. The third-order valence-electron chi connectivity index (χ3n) is 5.64. The lowest BCUT2D eigenvalue weighted by Gasteiger charge is -2.35. The number of nitrogens with one attached hydrogen (secondary N) is 1. The Morgan fingerprint density at radius 2 is 1.75 bits per heavy atom. The molecule has 1 saturated heterocycles. The molecule has 0 atom stereocenters. The normalized spacial score (nSPS) is 15.2. The molecular weight excluding hydrogens is 488 g/mol. The van der Waals surface area contributed by atoms with Gasteiger partial charge in [-0.25, -0.2) is 27.2 Å². The number of hydrazine groups is 1. The van der Waals surface area contributed by atoms with Crippen LogP contribution in [-0.4, -0.2) is 70.1 Å². The molecule has 0 aliphatic carbocycles. The summed E-state index contributed by atoms with van der Waals surface area (Å²) in [4.78, 5) is 29.3. The average molecular weight is 517 g/mol. The Hall–Kier alpha value is -3.71. The molecular formula is C23H28N6O6S. The number of carbonyl (C=O) groups is 1. The van der Waals surface area contributed by atoms with Crippen LogP contribution in [0.2, 0.25) is 0 Å². The summed E-state index contributed by atoms with van der Waals surface area (Å²) in [5.41, 5.74) is 3.27. The largest absolute Gasteiger partial charge is 0.444 e. The molecule has 0 spiro atoms. The molecule has 0 bridgehead atoms. The molecule has 1 aromatic carbocycles. The molecule has 1 N–H and O–H groups in total. The van der Waals surface area contributed by atoms with Gasteiger partial charge in [0.1, 0.15) is 17.5 Å². The molecule has 1 aliphatic heterocycles. The predicted octanol–water partition coefficient (Wildman–Crippen LogP) is 3.37. The number of benzene rings is 1. The van der Waals surface area contributed by atoms with Crippen molar-refractivity contribution in [1.82, 2.24) is 18.9 Å². The summed E-state index contributed by atoms with van der Waals surface area (Å²) in [7, 11) is -3.97. The van der Waals surface area contributed by atoms with Crippen LogP contribution in [0, 0.1) is 17.0 Å². The van der Waals surface area contributed by atoms with Crippen molar-refractivity contribution >= 4 is 38.5 Å². The van der Waals surface area contributed by atoms with Crippen LogP contribution in [0.1, 0.15) is 26.3 Å². The zero-order chi connectivity index (χ0) is 26.3. The van der Waals surface area contributed by atoms with Crippen molar-refractivity contribution in [1.29, 1.82) is 0 Å². The van der Waals surface area contributed by atoms with Gasteiger partial charge in [0.05, 0.1) is 15.2 Å². The van der Waals surface area contributed by atoms with Crippen molar-refractivity contribution in [3.05, 3.63) is 58.4 Å². The number of ether oxygens (including phenoxy) is 1. The van der Waals surface area contributed by atoms with Crippen LogP contribution >= 0.6 is 0 Å². The van der Waals surface area contributed by atoms with Crippen LogP contribution < -0.4 is 5.43 Å². The number of carbonyl (C=O) groups excluding carboxylic acids is 1. The van der Waals surface area contributed by atoms with Crippen LogP contribution in [-0.2, 0) is 14.8 Å². The highest BCUT2D eigenvalue weighted by Gasteiger charge is 2.29. The third kappa shape index (κ3) is 5.11. The molecule has 12 nitrogen and oxygen atoms in total. The summed E-state index contributed by atoms with van der Waals surface area (Å²) in [6.45, 7) is 8.70. The number of pyridine rings is 1. The smallest absolute Gasteiger partial charge is 0.410 e. The lowest BCUT2D eigenvalue weighted by atomic mass is 10.2. The molecule has 36 heavy (non-hydrogen) atoms. The first kappa shape index (κ1) is 25.4. The molecule has 0 unspecified atom stereocenters. The predicted molar refractivity (Wildman–Crippen MR) is 133 cm³/mol. The lowest BCUT2D eigenvalue weighted by Crippen LogP contribution is -2.51. The van der Waals surface area contributed by atoms with Crippen LogP contribution in [0.4, 0.5) is 16.2 Å². The fourth-order valence-electron chi connectivity index (χ4n) is 3.81. The van der Waals surface area contributed by atoms with Gasteiger partial charge < -0.3 is 15.1 Å². The minimum atomic E-state index is -3.97. The Balaban J connectivity index is 1.62. The molecule has 3 heterocycles. The van der Waals surface area contributed by atoms with Crippen molar-refractivity contribution in [2.75, 3.05) is 31.6 Å². The number of aromatic nitrogens is 2. The van der Waals surface area contributed by atoms with E-state index in [0.29, 0.717) is 26.2 Å². The standard InChI is InChI=1S/C23H28N6O6S/c1-16-5-7-17(8-6-16)36(33,34)28-10-9-18-20(19(29(31)32)15-24-21(18)28)25-27-13-11-26(12-14-27)22(30)35-23(2,3)4/h5-10,15H,11-14H2,1-4H3,(H,24,25). The second kappa shape index (κ2) is 9.39. The molecule has 0 radical (unpaired) electrons. The summed E-state index contributed by atoms with van der Waals surface area (Å²) >= 11 is 0. The number of aryl methyl sites for hydroxylation is 1. The highest BCUT2D eigenvalue weighted by atomic mass is 32.2. The van der Waals surface area contributed by atoms with E-state index in [9.17, 15) is 23.3 Å². The minimum Gasteiger partial charge on any atom is -0.444 e. The van der Waals surface area contributed by atoms with E-state index < -0.39 is 26.6 Å². The van der Waals surface area contributed by atoms with Gasteiger partial charge in [0.2, 0.25) is 0 Å². The zero-order valence-corrected chi connectivity index (χ0v) is 21.3. The van der Waals surface area contributed by atoms with Gasteiger partial charge in [0.25, 0.3) is 10.0 Å². The molecule has 4 rings (SSSR count). The Morgan fingerprint density at radius 3 is 2.33 bits per heavy atom. The summed E-state index contributed by atoms with van der Waals surface area (Å²) in [6, 6.07) is 7.89. The van der Waals surface area contributed by atoms with Crippen LogP contribution in [0.3, 0.4) is 0 Å². The number of nitro groups is 1. The quantitative estimate of drug-likeness (QED) is 0.399. The van der Waals surface area contributed by atoms with E-state index in [1.165, 1.54) is 24.4 Å². The number of amides is 1. The van der Waals surface area contributed by atoms with Crippen LogP contribution in [0.5, 0.6) is 0 Å². The van der Waals surface area contributed by atoms with Crippen LogP contribution in [0.15, 0.2) is 47.6 Å². The first-order valence-corrected chi connectivity index (χ1v) is 12.8. The molecule has 2 aromatic heterocycles. The highest BCUT2D eigenvalue weighted by molar-refractivity contribution is 7.90. The van der Waals surface area contributed by atoms with E-state index in [1.807, 2.05) is 6.92 Å².